The summed E-state index contributed by atoms with van der Waals surface area (Å²) in [6.07, 6.45) is 3.94. The number of nitrogens with zero attached hydrogens (tertiary/aromatic N) is 2. The number of hydrogen-bond donors (Lipinski definition) is 1. The lowest BCUT2D eigenvalue weighted by Gasteiger charge is -2.46. The quantitative estimate of drug-likeness (QED) is 0.396. The Balaban J connectivity index is 1.43. The lowest BCUT2D eigenvalue weighted by atomic mass is 9.64. The molecule has 2 aliphatic heterocycles. The van der Waals surface area contributed by atoms with Crippen LogP contribution >= 0.6 is 15.9 Å². The average Bonchev–Trinajstić information content (AvgIpc) is 3.35. The molecule has 3 aliphatic rings. The van der Waals surface area contributed by atoms with Crippen LogP contribution in [0.3, 0.4) is 0 Å². The minimum absolute atomic E-state index is 0.0748. The maximum absolute atomic E-state index is 13.8. The number of halogens is 1. The molecule has 6 unspecified atom stereocenters. The van der Waals surface area contributed by atoms with Crippen LogP contribution in [0.1, 0.15) is 48.8 Å². The molecule has 4 nitrogen and oxygen atoms in total. The Morgan fingerprint density at radius 2 is 1.46 bits per heavy atom. The summed E-state index contributed by atoms with van der Waals surface area (Å²) in [5.41, 5.74) is 4.52. The smallest absolute Gasteiger partial charge is 0.229 e. The second kappa shape index (κ2) is 9.62. The van der Waals surface area contributed by atoms with Crippen molar-refractivity contribution in [2.75, 3.05) is 5.01 Å². The van der Waals surface area contributed by atoms with Crippen molar-refractivity contribution < 1.29 is 4.79 Å². The first-order chi connectivity index (χ1) is 17.2. The molecule has 3 aromatic rings. The first-order valence-corrected chi connectivity index (χ1v) is 13.6. The third-order valence-corrected chi connectivity index (χ3v) is 8.78. The van der Waals surface area contributed by atoms with Gasteiger partial charge in [0.05, 0.1) is 23.4 Å². The fraction of sp³-hybridized carbons (Fsp3) is 0.333. The van der Waals surface area contributed by atoms with E-state index in [4.69, 9.17) is 5.10 Å². The van der Waals surface area contributed by atoms with Crippen molar-refractivity contribution in [3.05, 3.63) is 102 Å². The van der Waals surface area contributed by atoms with Crippen LogP contribution in [-0.2, 0) is 4.79 Å². The molecule has 6 rings (SSSR count). The molecule has 1 saturated carbocycles. The van der Waals surface area contributed by atoms with Gasteiger partial charge in [-0.25, -0.2) is 0 Å². The second-order valence-corrected chi connectivity index (χ2v) is 11.3. The van der Waals surface area contributed by atoms with Crippen molar-refractivity contribution in [3.8, 4) is 0 Å². The molecule has 2 heterocycles. The standard InChI is InChI=1S/C30H30BrN3O/c31-22-16-17-25-24(18-22)28(21-12-6-2-7-13-21)29(30(35)32-25)26-19-27(20-10-4-1-5-11-20)34(33-26)23-14-8-3-9-15-23/h1-15,22,24-25,27-29H,16-19H2,(H,32,35). The number of hydrazone groups is 1. The lowest BCUT2D eigenvalue weighted by molar-refractivity contribution is -0.128. The highest BCUT2D eigenvalue weighted by Gasteiger charge is 2.50. The third kappa shape index (κ3) is 4.31. The third-order valence-electron chi connectivity index (χ3n) is 7.95. The number of carbonyl (C=O) groups is 1. The number of fused-ring (bicyclic) bond motifs is 1. The van der Waals surface area contributed by atoms with E-state index in [0.717, 1.165) is 37.1 Å². The van der Waals surface area contributed by atoms with Crippen LogP contribution in [0.25, 0.3) is 0 Å². The van der Waals surface area contributed by atoms with Crippen LogP contribution in [0.2, 0.25) is 0 Å². The van der Waals surface area contributed by atoms with Crippen molar-refractivity contribution in [1.82, 2.24) is 5.32 Å². The number of nitrogens with one attached hydrogen (secondary N) is 1. The number of carbonyl (C=O) groups excluding carboxylic acids is 1. The second-order valence-electron chi connectivity index (χ2n) is 10.0. The van der Waals surface area contributed by atoms with Crippen molar-refractivity contribution in [2.24, 2.45) is 16.9 Å². The van der Waals surface area contributed by atoms with Gasteiger partial charge < -0.3 is 5.32 Å². The normalized spacial score (nSPS) is 30.4. The summed E-state index contributed by atoms with van der Waals surface area (Å²) in [7, 11) is 0. The minimum Gasteiger partial charge on any atom is -0.352 e. The molecule has 5 heteroatoms. The lowest BCUT2D eigenvalue weighted by Crippen LogP contribution is -2.57. The number of anilines is 1. The Bertz CT molecular complexity index is 1200. The van der Waals surface area contributed by atoms with E-state index in [1.807, 2.05) is 24.3 Å². The van der Waals surface area contributed by atoms with E-state index in [9.17, 15) is 4.79 Å². The van der Waals surface area contributed by atoms with E-state index in [2.05, 4.69) is 93.0 Å². The Morgan fingerprint density at radius 3 is 2.14 bits per heavy atom. The van der Waals surface area contributed by atoms with E-state index in [0.29, 0.717) is 10.7 Å². The van der Waals surface area contributed by atoms with Gasteiger partial charge in [0, 0.05) is 23.2 Å². The Hall–Kier alpha value is -2.92. The van der Waals surface area contributed by atoms with Crippen molar-refractivity contribution >= 4 is 33.2 Å². The molecule has 35 heavy (non-hydrogen) atoms. The van der Waals surface area contributed by atoms with Gasteiger partial charge in [0.2, 0.25) is 5.91 Å². The van der Waals surface area contributed by atoms with Crippen molar-refractivity contribution in [2.45, 2.75) is 48.5 Å². The van der Waals surface area contributed by atoms with E-state index < -0.39 is 0 Å². The first-order valence-electron chi connectivity index (χ1n) is 12.6. The van der Waals surface area contributed by atoms with E-state index in [-0.39, 0.29) is 29.8 Å². The number of para-hydroxylation sites is 1. The number of rotatable bonds is 4. The molecular formula is C30H30BrN3O. The van der Waals surface area contributed by atoms with Gasteiger partial charge in [0.1, 0.15) is 0 Å². The Kier molecular flexibility index (Phi) is 6.19. The van der Waals surface area contributed by atoms with E-state index in [1.165, 1.54) is 11.1 Å². The maximum Gasteiger partial charge on any atom is 0.229 e. The summed E-state index contributed by atoms with van der Waals surface area (Å²) in [6.45, 7) is 0. The SMILES string of the molecule is O=C1NC2CCC(Br)CC2C(c2ccccc2)C1C1=NN(c2ccccc2)C(c2ccccc2)C1. The minimum atomic E-state index is -0.267. The fourth-order valence-electron chi connectivity index (χ4n) is 6.36. The molecule has 1 amide bonds. The predicted octanol–water partition coefficient (Wildman–Crippen LogP) is 6.46. The number of alkyl halides is 1. The molecule has 1 saturated heterocycles. The zero-order valence-electron chi connectivity index (χ0n) is 19.6. The predicted molar refractivity (Wildman–Crippen MR) is 145 cm³/mol. The van der Waals surface area contributed by atoms with E-state index >= 15 is 0 Å². The molecule has 0 spiro atoms. The van der Waals surface area contributed by atoms with Crippen LogP contribution < -0.4 is 10.3 Å². The highest BCUT2D eigenvalue weighted by atomic mass is 79.9. The summed E-state index contributed by atoms with van der Waals surface area (Å²) in [5, 5.41) is 10.7. The topological polar surface area (TPSA) is 44.7 Å². The Labute approximate surface area is 215 Å². The largest absolute Gasteiger partial charge is 0.352 e. The van der Waals surface area contributed by atoms with Gasteiger partial charge in [0.15, 0.2) is 0 Å². The number of hydrogen-bond acceptors (Lipinski definition) is 3. The zero-order chi connectivity index (χ0) is 23.8. The van der Waals surface area contributed by atoms with Gasteiger partial charge in [-0.15, -0.1) is 0 Å². The molecule has 0 bridgehead atoms. The van der Waals surface area contributed by atoms with Crippen LogP contribution in [-0.4, -0.2) is 22.5 Å². The van der Waals surface area contributed by atoms with Gasteiger partial charge in [-0.05, 0) is 48.4 Å². The van der Waals surface area contributed by atoms with Gasteiger partial charge >= 0.3 is 0 Å². The summed E-state index contributed by atoms with van der Waals surface area (Å²) in [5.74, 6) is 0.382. The molecule has 2 fully saturated rings. The van der Waals surface area contributed by atoms with Gasteiger partial charge in [-0.1, -0.05) is 94.8 Å². The average molecular weight is 528 g/mol. The molecule has 1 N–H and O–H groups in total. The molecule has 178 valence electrons. The summed E-state index contributed by atoms with van der Waals surface area (Å²) >= 11 is 3.90. The molecule has 1 aliphatic carbocycles. The van der Waals surface area contributed by atoms with E-state index in [1.54, 1.807) is 0 Å². The highest BCUT2D eigenvalue weighted by molar-refractivity contribution is 9.09. The van der Waals surface area contributed by atoms with Crippen LogP contribution in [0.4, 0.5) is 5.69 Å². The highest BCUT2D eigenvalue weighted by Crippen LogP contribution is 2.48. The summed E-state index contributed by atoms with van der Waals surface area (Å²) in [4.78, 5) is 14.3. The Morgan fingerprint density at radius 1 is 0.829 bits per heavy atom. The van der Waals surface area contributed by atoms with Crippen molar-refractivity contribution in [3.63, 3.8) is 0 Å². The fourth-order valence-corrected chi connectivity index (χ4v) is 7.06. The van der Waals surface area contributed by atoms with Crippen LogP contribution in [0, 0.1) is 11.8 Å². The maximum atomic E-state index is 13.8. The molecule has 6 atom stereocenters. The van der Waals surface area contributed by atoms with Gasteiger partial charge in [-0.2, -0.15) is 5.10 Å². The number of amides is 1. The van der Waals surface area contributed by atoms with Crippen molar-refractivity contribution in [1.29, 1.82) is 0 Å². The first kappa shape index (κ1) is 22.5. The summed E-state index contributed by atoms with van der Waals surface area (Å²) in [6, 6.07) is 31.8. The zero-order valence-corrected chi connectivity index (χ0v) is 21.2. The summed E-state index contributed by atoms with van der Waals surface area (Å²) < 4.78 is 0. The van der Waals surface area contributed by atoms with Gasteiger partial charge in [0.25, 0.3) is 0 Å². The van der Waals surface area contributed by atoms with Crippen LogP contribution in [0.15, 0.2) is 96.1 Å². The number of benzene rings is 3. The van der Waals surface area contributed by atoms with Crippen LogP contribution in [0.5, 0.6) is 0 Å². The van der Waals surface area contributed by atoms with Gasteiger partial charge in [-0.3, -0.25) is 9.80 Å². The molecule has 0 aromatic heterocycles. The monoisotopic (exact) mass is 527 g/mol. The molecule has 3 aromatic carbocycles. The molecular weight excluding hydrogens is 498 g/mol. The molecule has 0 radical (unpaired) electrons. The number of piperidine rings is 1.